The van der Waals surface area contributed by atoms with Crippen molar-refractivity contribution < 1.29 is 0 Å². The molecule has 0 spiro atoms. The highest BCUT2D eigenvalue weighted by atomic mass is 14.3. The van der Waals surface area contributed by atoms with Gasteiger partial charge < -0.3 is 0 Å². The molecule has 212 valence electrons. The number of hydrogen-bond donors (Lipinski definition) is 0. The van der Waals surface area contributed by atoms with Crippen LogP contribution in [0.3, 0.4) is 0 Å². The van der Waals surface area contributed by atoms with Crippen LogP contribution in [0.2, 0.25) is 0 Å². The fourth-order valence-electron chi connectivity index (χ4n) is 6.22. The molecule has 0 saturated carbocycles. The van der Waals surface area contributed by atoms with E-state index in [0.717, 1.165) is 0 Å². The topological polar surface area (TPSA) is 0 Å². The summed E-state index contributed by atoms with van der Waals surface area (Å²) in [6, 6.07) is 0. The third-order valence-corrected chi connectivity index (χ3v) is 8.74. The van der Waals surface area contributed by atoms with Gasteiger partial charge in [0.15, 0.2) is 0 Å². The van der Waals surface area contributed by atoms with Gasteiger partial charge in [0.25, 0.3) is 0 Å². The molecule has 0 nitrogen and oxygen atoms in total. The Morgan fingerprint density at radius 2 is 0.400 bits per heavy atom. The third-order valence-electron chi connectivity index (χ3n) is 8.74. The van der Waals surface area contributed by atoms with Crippen molar-refractivity contribution in [1.29, 1.82) is 0 Å². The van der Waals surface area contributed by atoms with Crippen molar-refractivity contribution in [3.05, 3.63) is 0 Å². The Morgan fingerprint density at radius 3 is 0.600 bits per heavy atom. The largest absolute Gasteiger partial charge is 0.0654 e. The zero-order chi connectivity index (χ0) is 25.7. The Hall–Kier alpha value is 0. The van der Waals surface area contributed by atoms with Crippen LogP contribution < -0.4 is 0 Å². The Morgan fingerprint density at radius 1 is 0.229 bits per heavy atom. The highest BCUT2D eigenvalue weighted by molar-refractivity contribution is 4.80. The predicted octanol–water partition coefficient (Wildman–Crippen LogP) is 13.8. The lowest BCUT2D eigenvalue weighted by Crippen LogP contribution is -2.21. The van der Waals surface area contributed by atoms with Crippen LogP contribution in [-0.2, 0) is 0 Å². The minimum absolute atomic E-state index is 0.683. The van der Waals surface area contributed by atoms with E-state index in [4.69, 9.17) is 0 Å². The molecule has 1 atom stereocenters. The van der Waals surface area contributed by atoms with Crippen molar-refractivity contribution in [3.63, 3.8) is 0 Å². The van der Waals surface area contributed by atoms with E-state index in [1.54, 1.807) is 19.3 Å². The molecule has 0 heteroatoms. The van der Waals surface area contributed by atoms with E-state index in [1.807, 2.05) is 0 Å². The smallest absolute Gasteiger partial charge is 0.0297 e. The minimum Gasteiger partial charge on any atom is -0.0654 e. The Bertz CT molecular complexity index is 372. The standard InChI is InChI=1S/C35H72/c1-5-9-13-17-20-22-26-30-34-35(31-27-23-16-12-8-4,32-28-24-19-15-11-7-3)33-29-25-21-18-14-10-6-2/h5-34H2,1-4H3. The van der Waals surface area contributed by atoms with E-state index < -0.39 is 0 Å². The van der Waals surface area contributed by atoms with Gasteiger partial charge in [0.05, 0.1) is 0 Å². The molecule has 0 radical (unpaired) electrons. The maximum Gasteiger partial charge on any atom is -0.0297 e. The average Bonchev–Trinajstić information content (AvgIpc) is 2.87. The molecular weight excluding hydrogens is 420 g/mol. The van der Waals surface area contributed by atoms with E-state index in [1.165, 1.54) is 173 Å². The number of hydrogen-bond acceptors (Lipinski definition) is 0. The molecule has 35 heavy (non-hydrogen) atoms. The summed E-state index contributed by atoms with van der Waals surface area (Å²) in [5.74, 6) is 0. The summed E-state index contributed by atoms with van der Waals surface area (Å²) in [7, 11) is 0. The fourth-order valence-corrected chi connectivity index (χ4v) is 6.22. The normalized spacial score (nSPS) is 13.4. The first kappa shape index (κ1) is 35.0. The number of rotatable bonds is 30. The van der Waals surface area contributed by atoms with Crippen LogP contribution in [0.15, 0.2) is 0 Å². The van der Waals surface area contributed by atoms with Crippen LogP contribution in [0, 0.1) is 5.41 Å². The summed E-state index contributed by atoms with van der Waals surface area (Å²) >= 11 is 0. The van der Waals surface area contributed by atoms with Gasteiger partial charge in [-0.15, -0.1) is 0 Å². The maximum atomic E-state index is 2.35. The van der Waals surface area contributed by atoms with Gasteiger partial charge in [-0.3, -0.25) is 0 Å². The third kappa shape index (κ3) is 24.1. The Kier molecular flexibility index (Phi) is 28.6. The fraction of sp³-hybridized carbons (Fsp3) is 1.00. The van der Waals surface area contributed by atoms with Gasteiger partial charge in [0.2, 0.25) is 0 Å². The summed E-state index contributed by atoms with van der Waals surface area (Å²) in [5.41, 5.74) is 0.683. The molecule has 0 aromatic carbocycles. The van der Waals surface area contributed by atoms with Crippen LogP contribution in [0.1, 0.15) is 220 Å². The molecule has 0 rings (SSSR count). The zero-order valence-corrected chi connectivity index (χ0v) is 25.7. The van der Waals surface area contributed by atoms with Crippen LogP contribution in [-0.4, -0.2) is 0 Å². The van der Waals surface area contributed by atoms with E-state index in [2.05, 4.69) is 27.7 Å². The Balaban J connectivity index is 4.72. The second-order valence-electron chi connectivity index (χ2n) is 12.3. The van der Waals surface area contributed by atoms with Crippen molar-refractivity contribution in [2.75, 3.05) is 0 Å². The summed E-state index contributed by atoms with van der Waals surface area (Å²) < 4.78 is 0. The molecule has 0 aromatic rings. The maximum absolute atomic E-state index is 2.35. The van der Waals surface area contributed by atoms with Crippen molar-refractivity contribution >= 4 is 0 Å². The molecule has 0 saturated heterocycles. The lowest BCUT2D eigenvalue weighted by Gasteiger charge is -2.35. The van der Waals surface area contributed by atoms with Crippen LogP contribution in [0.25, 0.3) is 0 Å². The zero-order valence-electron chi connectivity index (χ0n) is 25.7. The second kappa shape index (κ2) is 28.6. The molecule has 0 aliphatic heterocycles. The van der Waals surface area contributed by atoms with Gasteiger partial charge in [0, 0.05) is 0 Å². The quantitative estimate of drug-likeness (QED) is 0.0874. The van der Waals surface area contributed by atoms with E-state index in [9.17, 15) is 0 Å². The molecule has 0 N–H and O–H groups in total. The van der Waals surface area contributed by atoms with E-state index in [-0.39, 0.29) is 0 Å². The SMILES string of the molecule is CCCCCCCCCCC(CCCCCCC)(CCCCCCCC)CCCCCCCCC. The molecule has 0 aliphatic carbocycles. The van der Waals surface area contributed by atoms with E-state index >= 15 is 0 Å². The molecular formula is C35H72. The predicted molar refractivity (Wildman–Crippen MR) is 164 cm³/mol. The number of unbranched alkanes of at least 4 members (excludes halogenated alkanes) is 22. The highest BCUT2D eigenvalue weighted by Gasteiger charge is 2.28. The lowest BCUT2D eigenvalue weighted by atomic mass is 9.70. The minimum atomic E-state index is 0.683. The van der Waals surface area contributed by atoms with Crippen LogP contribution in [0.5, 0.6) is 0 Å². The molecule has 0 amide bonds. The monoisotopic (exact) mass is 493 g/mol. The van der Waals surface area contributed by atoms with Gasteiger partial charge in [-0.05, 0) is 31.1 Å². The first-order valence-electron chi connectivity index (χ1n) is 17.2. The van der Waals surface area contributed by atoms with Crippen LogP contribution >= 0.6 is 0 Å². The summed E-state index contributed by atoms with van der Waals surface area (Å²) in [6.07, 6.45) is 44.2. The van der Waals surface area contributed by atoms with Crippen molar-refractivity contribution in [2.45, 2.75) is 220 Å². The first-order valence-corrected chi connectivity index (χ1v) is 17.2. The second-order valence-corrected chi connectivity index (χ2v) is 12.3. The van der Waals surface area contributed by atoms with E-state index in [0.29, 0.717) is 5.41 Å². The molecule has 0 aromatic heterocycles. The van der Waals surface area contributed by atoms with Gasteiger partial charge >= 0.3 is 0 Å². The van der Waals surface area contributed by atoms with Gasteiger partial charge in [-0.1, -0.05) is 195 Å². The molecule has 0 heterocycles. The van der Waals surface area contributed by atoms with Crippen molar-refractivity contribution in [3.8, 4) is 0 Å². The summed E-state index contributed by atoms with van der Waals surface area (Å²) in [4.78, 5) is 0. The van der Waals surface area contributed by atoms with Gasteiger partial charge in [-0.25, -0.2) is 0 Å². The highest BCUT2D eigenvalue weighted by Crippen LogP contribution is 2.42. The average molecular weight is 493 g/mol. The van der Waals surface area contributed by atoms with Crippen molar-refractivity contribution in [1.82, 2.24) is 0 Å². The lowest BCUT2D eigenvalue weighted by molar-refractivity contribution is 0.171. The summed E-state index contributed by atoms with van der Waals surface area (Å²) in [6.45, 7) is 9.36. The van der Waals surface area contributed by atoms with Gasteiger partial charge in [0.1, 0.15) is 0 Å². The molecule has 0 bridgehead atoms. The van der Waals surface area contributed by atoms with Crippen molar-refractivity contribution in [2.24, 2.45) is 5.41 Å². The molecule has 1 unspecified atom stereocenters. The first-order chi connectivity index (χ1) is 17.2. The molecule has 0 aliphatic rings. The Labute approximate surface area is 225 Å². The molecule has 0 fully saturated rings. The van der Waals surface area contributed by atoms with Crippen LogP contribution in [0.4, 0.5) is 0 Å². The van der Waals surface area contributed by atoms with Gasteiger partial charge in [-0.2, -0.15) is 0 Å². The summed E-state index contributed by atoms with van der Waals surface area (Å²) in [5, 5.41) is 0.